The average molecular weight is 361 g/mol. The number of ether oxygens (including phenoxy) is 1. The molecule has 0 saturated carbocycles. The average Bonchev–Trinajstić information content (AvgIpc) is 3.00. The van der Waals surface area contributed by atoms with Gasteiger partial charge in [-0.05, 0) is 31.5 Å². The van der Waals surface area contributed by atoms with Gasteiger partial charge >= 0.3 is 0 Å². The van der Waals surface area contributed by atoms with Gasteiger partial charge < -0.3 is 9.84 Å². The van der Waals surface area contributed by atoms with Crippen molar-refractivity contribution in [1.29, 1.82) is 0 Å². The Balaban J connectivity index is 2.32. The van der Waals surface area contributed by atoms with E-state index in [1.165, 1.54) is 16.6 Å². The van der Waals surface area contributed by atoms with Crippen molar-refractivity contribution in [2.75, 3.05) is 13.2 Å². The van der Waals surface area contributed by atoms with E-state index in [1.807, 2.05) is 19.9 Å². The molecule has 2 aromatic heterocycles. The summed E-state index contributed by atoms with van der Waals surface area (Å²) in [6, 6.07) is 9.95. The number of aryl methyl sites for hydroxylation is 2. The van der Waals surface area contributed by atoms with Gasteiger partial charge in [0.25, 0.3) is 5.88 Å². The Bertz CT molecular complexity index is 998. The Hall–Kier alpha value is -2.45. The number of sulfone groups is 1. The summed E-state index contributed by atoms with van der Waals surface area (Å²) in [7, 11) is -3.88. The molecule has 0 aliphatic rings. The molecule has 3 rings (SSSR count). The number of hydrogen-bond donors (Lipinski definition) is 1. The van der Waals surface area contributed by atoms with E-state index in [0.29, 0.717) is 6.42 Å². The lowest BCUT2D eigenvalue weighted by atomic mass is 10.3. The first kappa shape index (κ1) is 17.4. The summed E-state index contributed by atoms with van der Waals surface area (Å²) in [6.45, 7) is 3.48. The molecule has 0 aliphatic heterocycles. The van der Waals surface area contributed by atoms with E-state index < -0.39 is 9.84 Å². The van der Waals surface area contributed by atoms with Crippen molar-refractivity contribution >= 4 is 15.5 Å². The summed E-state index contributed by atoms with van der Waals surface area (Å²) in [6.07, 6.45) is 0.667. The fourth-order valence-corrected chi connectivity index (χ4v) is 4.01. The Morgan fingerprint density at radius 2 is 1.96 bits per heavy atom. The van der Waals surface area contributed by atoms with Crippen molar-refractivity contribution in [2.45, 2.75) is 30.1 Å². The van der Waals surface area contributed by atoms with Crippen LogP contribution in [0.2, 0.25) is 0 Å². The van der Waals surface area contributed by atoms with Crippen LogP contribution in [-0.4, -0.2) is 41.3 Å². The van der Waals surface area contributed by atoms with Crippen LogP contribution in [0.25, 0.3) is 5.65 Å². The molecule has 0 fully saturated rings. The lowest BCUT2D eigenvalue weighted by Crippen LogP contribution is -2.08. The minimum absolute atomic E-state index is 0.0539. The van der Waals surface area contributed by atoms with Crippen LogP contribution in [0.3, 0.4) is 0 Å². The van der Waals surface area contributed by atoms with Gasteiger partial charge in [0.15, 0.2) is 10.5 Å². The molecule has 132 valence electrons. The molecule has 0 aliphatic carbocycles. The molecule has 25 heavy (non-hydrogen) atoms. The number of aromatic nitrogens is 3. The van der Waals surface area contributed by atoms with Gasteiger partial charge in [-0.25, -0.2) is 17.9 Å². The molecular weight excluding hydrogens is 342 g/mol. The van der Waals surface area contributed by atoms with Crippen LogP contribution in [0, 0.1) is 6.92 Å². The van der Waals surface area contributed by atoms with E-state index in [9.17, 15) is 8.42 Å². The summed E-state index contributed by atoms with van der Waals surface area (Å²) in [5.41, 5.74) is 1.75. The van der Waals surface area contributed by atoms with Crippen molar-refractivity contribution in [3.05, 3.63) is 47.8 Å². The number of aliphatic hydroxyl groups is 1. The number of benzene rings is 1. The second-order valence-corrected chi connectivity index (χ2v) is 7.39. The number of fused-ring (bicyclic) bond motifs is 1. The molecule has 0 bridgehead atoms. The normalized spacial score (nSPS) is 11.8. The smallest absolute Gasteiger partial charge is 0.255 e. The number of nitrogens with zero attached hydrogens (tertiary/aromatic N) is 3. The third-order valence-corrected chi connectivity index (χ3v) is 5.55. The summed E-state index contributed by atoms with van der Waals surface area (Å²) in [5, 5.41) is 13.3. The molecule has 0 unspecified atom stereocenters. The lowest BCUT2D eigenvalue weighted by Gasteiger charge is -2.06. The van der Waals surface area contributed by atoms with Gasteiger partial charge in [-0.2, -0.15) is 0 Å². The first-order valence-electron chi connectivity index (χ1n) is 7.92. The fourth-order valence-electron chi connectivity index (χ4n) is 2.56. The first-order valence-corrected chi connectivity index (χ1v) is 9.40. The third kappa shape index (κ3) is 3.10. The zero-order valence-corrected chi connectivity index (χ0v) is 14.8. The summed E-state index contributed by atoms with van der Waals surface area (Å²) in [5.74, 6) is -0.0539. The van der Waals surface area contributed by atoms with Crippen LogP contribution in [0.15, 0.2) is 46.2 Å². The minimum atomic E-state index is -3.88. The van der Waals surface area contributed by atoms with Gasteiger partial charge in [0.2, 0.25) is 9.84 Å². The van der Waals surface area contributed by atoms with E-state index >= 15 is 0 Å². The Kier molecular flexibility index (Phi) is 4.73. The molecule has 0 radical (unpaired) electrons. The van der Waals surface area contributed by atoms with Gasteiger partial charge in [-0.15, -0.1) is 5.10 Å². The van der Waals surface area contributed by atoms with Gasteiger partial charge in [0, 0.05) is 11.4 Å². The molecule has 0 amide bonds. The van der Waals surface area contributed by atoms with Crippen LogP contribution in [0.4, 0.5) is 0 Å². The lowest BCUT2D eigenvalue weighted by molar-refractivity contribution is 0.193. The number of hydrogen-bond acceptors (Lipinski definition) is 6. The Morgan fingerprint density at radius 1 is 1.24 bits per heavy atom. The number of aliphatic hydroxyl groups excluding tert-OH is 1. The highest BCUT2D eigenvalue weighted by atomic mass is 32.2. The highest BCUT2D eigenvalue weighted by molar-refractivity contribution is 7.91. The van der Waals surface area contributed by atoms with Crippen molar-refractivity contribution in [3.8, 4) is 5.88 Å². The summed E-state index contributed by atoms with van der Waals surface area (Å²) < 4.78 is 33.2. The first-order chi connectivity index (χ1) is 12.0. The van der Waals surface area contributed by atoms with Gasteiger partial charge in [-0.3, -0.25) is 0 Å². The van der Waals surface area contributed by atoms with Crippen LogP contribution in [0.1, 0.15) is 18.3 Å². The molecule has 7 nitrogen and oxygen atoms in total. The second kappa shape index (κ2) is 6.81. The van der Waals surface area contributed by atoms with E-state index in [1.54, 1.807) is 18.2 Å². The van der Waals surface area contributed by atoms with Gasteiger partial charge in [0.1, 0.15) is 6.61 Å². The summed E-state index contributed by atoms with van der Waals surface area (Å²) in [4.78, 5) is 4.51. The van der Waals surface area contributed by atoms with Crippen LogP contribution in [0.5, 0.6) is 5.88 Å². The maximum Gasteiger partial charge on any atom is 0.255 e. The molecule has 0 atom stereocenters. The molecule has 0 saturated heterocycles. The zero-order chi connectivity index (χ0) is 18.0. The highest BCUT2D eigenvalue weighted by Crippen LogP contribution is 2.32. The van der Waals surface area contributed by atoms with Crippen molar-refractivity contribution in [3.63, 3.8) is 0 Å². The molecule has 8 heteroatoms. The SMILES string of the molecule is CCc1cc(C)n2nc(OCCO)c(S(=O)(=O)c3ccccc3)c2n1. The van der Waals surface area contributed by atoms with Gasteiger partial charge in [0.05, 0.1) is 11.5 Å². The largest absolute Gasteiger partial charge is 0.473 e. The van der Waals surface area contributed by atoms with Crippen LogP contribution < -0.4 is 4.74 Å². The number of rotatable bonds is 6. The molecule has 2 heterocycles. The minimum Gasteiger partial charge on any atom is -0.473 e. The van der Waals surface area contributed by atoms with Crippen LogP contribution in [-0.2, 0) is 16.3 Å². The zero-order valence-electron chi connectivity index (χ0n) is 14.0. The van der Waals surface area contributed by atoms with E-state index in [-0.39, 0.29) is 34.5 Å². The van der Waals surface area contributed by atoms with E-state index in [0.717, 1.165) is 11.4 Å². The van der Waals surface area contributed by atoms with E-state index in [4.69, 9.17) is 9.84 Å². The fraction of sp³-hybridized carbons (Fsp3) is 0.294. The van der Waals surface area contributed by atoms with E-state index in [2.05, 4.69) is 10.1 Å². The van der Waals surface area contributed by atoms with Gasteiger partial charge in [-0.1, -0.05) is 25.1 Å². The van der Waals surface area contributed by atoms with Crippen molar-refractivity contribution in [2.24, 2.45) is 0 Å². The second-order valence-electron chi connectivity index (χ2n) is 5.50. The standard InChI is InChI=1S/C17H19N3O4S/c1-3-13-11-12(2)20-16(18-13)15(17(19-20)24-10-9-21)25(22,23)14-7-5-4-6-8-14/h4-8,11,21H,3,9-10H2,1-2H3. The summed E-state index contributed by atoms with van der Waals surface area (Å²) >= 11 is 0. The predicted octanol–water partition coefficient (Wildman–Crippen LogP) is 1.80. The molecule has 1 N–H and O–H groups in total. The highest BCUT2D eigenvalue weighted by Gasteiger charge is 2.30. The Morgan fingerprint density at radius 3 is 2.60 bits per heavy atom. The topological polar surface area (TPSA) is 93.8 Å². The molecule has 1 aromatic carbocycles. The maximum absolute atomic E-state index is 13.2. The maximum atomic E-state index is 13.2. The molecular formula is C17H19N3O4S. The Labute approximate surface area is 145 Å². The monoisotopic (exact) mass is 361 g/mol. The molecule has 3 aromatic rings. The quantitative estimate of drug-likeness (QED) is 0.720. The molecule has 0 spiro atoms. The predicted molar refractivity (Wildman–Crippen MR) is 91.6 cm³/mol. The van der Waals surface area contributed by atoms with Crippen molar-refractivity contribution < 1.29 is 18.3 Å². The van der Waals surface area contributed by atoms with Crippen LogP contribution >= 0.6 is 0 Å². The third-order valence-electron chi connectivity index (χ3n) is 3.76. The van der Waals surface area contributed by atoms with Crippen molar-refractivity contribution in [1.82, 2.24) is 14.6 Å².